The van der Waals surface area contributed by atoms with Gasteiger partial charge in [0.05, 0.1) is 6.04 Å². The largest absolute Gasteiger partial charge is 0.320 e. The van der Waals surface area contributed by atoms with Crippen LogP contribution in [0.25, 0.3) is 0 Å². The fourth-order valence-corrected chi connectivity index (χ4v) is 2.45. The summed E-state index contributed by atoms with van der Waals surface area (Å²) in [6.45, 7) is 0. The minimum atomic E-state index is -0.414. The maximum absolute atomic E-state index is 12.1. The molecule has 0 spiro atoms. The average molecular weight is 284 g/mol. The van der Waals surface area contributed by atoms with E-state index in [2.05, 4.69) is 0 Å². The van der Waals surface area contributed by atoms with Crippen molar-refractivity contribution in [2.75, 3.05) is 30.2 Å². The fourth-order valence-electron chi connectivity index (χ4n) is 1.55. The highest BCUT2D eigenvalue weighted by Crippen LogP contribution is 2.20. The van der Waals surface area contributed by atoms with Crippen LogP contribution in [0.3, 0.4) is 0 Å². The summed E-state index contributed by atoms with van der Waals surface area (Å²) in [5, 5.41) is 0. The first-order valence-electron chi connectivity index (χ1n) is 5.76. The molecule has 0 aromatic heterocycles. The zero-order valence-electron chi connectivity index (χ0n) is 11.1. The normalized spacial score (nSPS) is 12.2. The average Bonchev–Trinajstić information content (AvgIpc) is 2.43. The summed E-state index contributed by atoms with van der Waals surface area (Å²) in [5.74, 6) is 0.882. The molecule has 0 bridgehead atoms. The van der Waals surface area contributed by atoms with Crippen LogP contribution in [0.2, 0.25) is 0 Å². The maximum Gasteiger partial charge on any atom is 0.243 e. The maximum atomic E-state index is 12.1. The number of amides is 1. The monoisotopic (exact) mass is 284 g/mol. The SMILES string of the molecule is CSCCC(N)C(=O)N(C)c1ccc(SC)cc1. The lowest BCUT2D eigenvalue weighted by atomic mass is 10.2. The topological polar surface area (TPSA) is 46.3 Å². The predicted molar refractivity (Wildman–Crippen MR) is 82.6 cm³/mol. The van der Waals surface area contributed by atoms with Gasteiger partial charge in [-0.1, -0.05) is 0 Å². The van der Waals surface area contributed by atoms with Crippen molar-refractivity contribution in [3.63, 3.8) is 0 Å². The molecular formula is C13H20N2OS2. The Hall–Kier alpha value is -0.650. The van der Waals surface area contributed by atoms with Crippen molar-refractivity contribution in [1.82, 2.24) is 0 Å². The third-order valence-electron chi connectivity index (χ3n) is 2.74. The van der Waals surface area contributed by atoms with Crippen molar-refractivity contribution in [3.05, 3.63) is 24.3 Å². The van der Waals surface area contributed by atoms with Crippen LogP contribution in [0.5, 0.6) is 0 Å². The van der Waals surface area contributed by atoms with Crippen molar-refractivity contribution in [1.29, 1.82) is 0 Å². The molecule has 1 rings (SSSR count). The first-order valence-corrected chi connectivity index (χ1v) is 8.38. The number of anilines is 1. The Morgan fingerprint density at radius 3 is 2.44 bits per heavy atom. The second-order valence-corrected chi connectivity index (χ2v) is 5.85. The summed E-state index contributed by atoms with van der Waals surface area (Å²) in [7, 11) is 1.77. The highest BCUT2D eigenvalue weighted by atomic mass is 32.2. The van der Waals surface area contributed by atoms with E-state index in [-0.39, 0.29) is 5.91 Å². The van der Waals surface area contributed by atoms with E-state index in [4.69, 9.17) is 5.73 Å². The van der Waals surface area contributed by atoms with Gasteiger partial charge in [0.1, 0.15) is 0 Å². The molecule has 0 aliphatic rings. The van der Waals surface area contributed by atoms with Crippen LogP contribution >= 0.6 is 23.5 Å². The van der Waals surface area contributed by atoms with E-state index in [0.29, 0.717) is 6.42 Å². The summed E-state index contributed by atoms with van der Waals surface area (Å²) < 4.78 is 0. The molecule has 1 aromatic rings. The Kier molecular flexibility index (Phi) is 6.60. The van der Waals surface area contributed by atoms with Crippen LogP contribution in [-0.2, 0) is 4.79 Å². The quantitative estimate of drug-likeness (QED) is 0.815. The molecule has 0 aliphatic heterocycles. The minimum absolute atomic E-state index is 0.0269. The van der Waals surface area contributed by atoms with Gasteiger partial charge in [-0.25, -0.2) is 0 Å². The number of nitrogens with zero attached hydrogens (tertiary/aromatic N) is 1. The number of hydrogen-bond donors (Lipinski definition) is 1. The number of likely N-dealkylation sites (N-methyl/N-ethyl adjacent to an activating group) is 1. The van der Waals surface area contributed by atoms with E-state index in [0.717, 1.165) is 11.4 Å². The summed E-state index contributed by atoms with van der Waals surface area (Å²) >= 11 is 3.39. The van der Waals surface area contributed by atoms with E-state index in [1.54, 1.807) is 35.5 Å². The zero-order chi connectivity index (χ0) is 13.5. The third-order valence-corrected chi connectivity index (χ3v) is 4.13. The molecule has 2 N–H and O–H groups in total. The lowest BCUT2D eigenvalue weighted by Gasteiger charge is -2.21. The molecule has 5 heteroatoms. The van der Waals surface area contributed by atoms with Crippen LogP contribution in [0, 0.1) is 0 Å². The molecule has 1 atom stereocenters. The van der Waals surface area contributed by atoms with Gasteiger partial charge >= 0.3 is 0 Å². The van der Waals surface area contributed by atoms with Gasteiger partial charge in [0.2, 0.25) is 5.91 Å². The summed E-state index contributed by atoms with van der Waals surface area (Å²) in [6, 6.07) is 7.51. The van der Waals surface area contributed by atoms with Gasteiger partial charge in [-0.15, -0.1) is 11.8 Å². The molecule has 0 heterocycles. The van der Waals surface area contributed by atoms with Gasteiger partial charge in [-0.05, 0) is 49.0 Å². The van der Waals surface area contributed by atoms with Crippen molar-refractivity contribution < 1.29 is 4.79 Å². The number of thioether (sulfide) groups is 2. The standard InChI is InChI=1S/C13H20N2OS2/c1-15(13(16)12(14)8-9-17-2)10-4-6-11(18-3)7-5-10/h4-7,12H,8-9,14H2,1-3H3. The van der Waals surface area contributed by atoms with Crippen LogP contribution in [-0.4, -0.2) is 37.3 Å². The second-order valence-electron chi connectivity index (χ2n) is 3.98. The Balaban J connectivity index is 2.67. The molecule has 0 fully saturated rings. The van der Waals surface area contributed by atoms with E-state index >= 15 is 0 Å². The number of hydrogen-bond acceptors (Lipinski definition) is 4. The Morgan fingerprint density at radius 1 is 1.33 bits per heavy atom. The summed E-state index contributed by atoms with van der Waals surface area (Å²) in [6.07, 6.45) is 4.76. The molecule has 1 amide bonds. The molecule has 18 heavy (non-hydrogen) atoms. The molecule has 1 aromatic carbocycles. The van der Waals surface area contributed by atoms with Gasteiger partial charge in [-0.3, -0.25) is 4.79 Å². The molecular weight excluding hydrogens is 264 g/mol. The van der Waals surface area contributed by atoms with Crippen LogP contribution in [0.1, 0.15) is 6.42 Å². The highest BCUT2D eigenvalue weighted by molar-refractivity contribution is 7.98. The molecule has 0 radical (unpaired) electrons. The smallest absolute Gasteiger partial charge is 0.243 e. The summed E-state index contributed by atoms with van der Waals surface area (Å²) in [5.41, 5.74) is 6.78. The molecule has 100 valence electrons. The van der Waals surface area contributed by atoms with E-state index < -0.39 is 6.04 Å². The van der Waals surface area contributed by atoms with Gasteiger partial charge in [-0.2, -0.15) is 11.8 Å². The first-order chi connectivity index (χ1) is 8.60. The number of rotatable bonds is 6. The summed E-state index contributed by atoms with van der Waals surface area (Å²) in [4.78, 5) is 14.9. The molecule has 1 unspecified atom stereocenters. The third kappa shape index (κ3) is 4.23. The van der Waals surface area contributed by atoms with Gasteiger partial charge in [0, 0.05) is 17.6 Å². The fraction of sp³-hybridized carbons (Fsp3) is 0.462. The van der Waals surface area contributed by atoms with Crippen molar-refractivity contribution in [2.45, 2.75) is 17.4 Å². The van der Waals surface area contributed by atoms with E-state index in [1.165, 1.54) is 4.90 Å². The van der Waals surface area contributed by atoms with Crippen LogP contribution in [0.15, 0.2) is 29.2 Å². The lowest BCUT2D eigenvalue weighted by Crippen LogP contribution is -2.42. The van der Waals surface area contributed by atoms with Gasteiger partial charge in [0.15, 0.2) is 0 Å². The van der Waals surface area contributed by atoms with Crippen molar-refractivity contribution in [2.24, 2.45) is 5.73 Å². The zero-order valence-corrected chi connectivity index (χ0v) is 12.7. The number of nitrogens with two attached hydrogens (primary N) is 1. The van der Waals surface area contributed by atoms with Crippen LogP contribution < -0.4 is 10.6 Å². The number of carbonyl (C=O) groups excluding carboxylic acids is 1. The Labute approximate surface area is 117 Å². The van der Waals surface area contributed by atoms with E-state index in [1.807, 2.05) is 36.8 Å². The number of carbonyl (C=O) groups is 1. The number of benzene rings is 1. The predicted octanol–water partition coefficient (Wildman–Crippen LogP) is 2.45. The lowest BCUT2D eigenvalue weighted by molar-refractivity contribution is -0.119. The van der Waals surface area contributed by atoms with Gasteiger partial charge in [0.25, 0.3) is 0 Å². The minimum Gasteiger partial charge on any atom is -0.320 e. The van der Waals surface area contributed by atoms with E-state index in [9.17, 15) is 4.79 Å². The first kappa shape index (κ1) is 15.4. The van der Waals surface area contributed by atoms with Gasteiger partial charge < -0.3 is 10.6 Å². The molecule has 0 saturated heterocycles. The Morgan fingerprint density at radius 2 is 1.94 bits per heavy atom. The molecule has 3 nitrogen and oxygen atoms in total. The molecule has 0 saturated carbocycles. The van der Waals surface area contributed by atoms with Crippen molar-refractivity contribution >= 4 is 35.1 Å². The van der Waals surface area contributed by atoms with Crippen LogP contribution in [0.4, 0.5) is 5.69 Å². The molecule has 0 aliphatic carbocycles. The second kappa shape index (κ2) is 7.71. The highest BCUT2D eigenvalue weighted by Gasteiger charge is 2.18. The Bertz CT molecular complexity index is 381. The van der Waals surface area contributed by atoms with Crippen molar-refractivity contribution in [3.8, 4) is 0 Å².